The number of sulfone groups is 1. The van der Waals surface area contributed by atoms with E-state index in [1.54, 1.807) is 12.1 Å². The third-order valence-electron chi connectivity index (χ3n) is 2.93. The highest BCUT2D eigenvalue weighted by Crippen LogP contribution is 2.25. The molecule has 21 heavy (non-hydrogen) atoms. The summed E-state index contributed by atoms with van der Waals surface area (Å²) < 4.78 is 22.8. The van der Waals surface area contributed by atoms with Crippen LogP contribution in [0.25, 0.3) is 0 Å². The Morgan fingerprint density at radius 2 is 1.76 bits per heavy atom. The van der Waals surface area contributed by atoms with Crippen molar-refractivity contribution < 1.29 is 18.3 Å². The zero-order chi connectivity index (χ0) is 16.3. The monoisotopic (exact) mass is 313 g/mol. The van der Waals surface area contributed by atoms with Crippen molar-refractivity contribution in [1.82, 2.24) is 0 Å². The van der Waals surface area contributed by atoms with E-state index in [0.717, 1.165) is 11.9 Å². The molecule has 1 unspecified atom stereocenters. The molecule has 0 radical (unpaired) electrons. The summed E-state index contributed by atoms with van der Waals surface area (Å²) in [5.41, 5.74) is 0.720. The summed E-state index contributed by atoms with van der Waals surface area (Å²) in [5.74, 6) is -0.857. The van der Waals surface area contributed by atoms with E-state index in [4.69, 9.17) is 5.11 Å². The third-order valence-corrected chi connectivity index (χ3v) is 4.06. The molecular formula is C15H23NO4S. The SMILES string of the molecule is CC(C)(C)CC(CC(=O)O)Nc1ccc(S(C)(=O)=O)cc1. The molecule has 1 aromatic rings. The van der Waals surface area contributed by atoms with Crippen molar-refractivity contribution in [3.63, 3.8) is 0 Å². The first-order chi connectivity index (χ1) is 9.47. The Bertz CT molecular complexity index is 585. The summed E-state index contributed by atoms with van der Waals surface area (Å²) in [6.07, 6.45) is 1.88. The van der Waals surface area contributed by atoms with Gasteiger partial charge in [0.2, 0.25) is 0 Å². The van der Waals surface area contributed by atoms with Crippen LogP contribution in [0.5, 0.6) is 0 Å². The Balaban J connectivity index is 2.85. The Morgan fingerprint density at radius 1 is 1.24 bits per heavy atom. The zero-order valence-electron chi connectivity index (χ0n) is 12.9. The van der Waals surface area contributed by atoms with Gasteiger partial charge in [-0.3, -0.25) is 4.79 Å². The zero-order valence-corrected chi connectivity index (χ0v) is 13.7. The van der Waals surface area contributed by atoms with E-state index in [9.17, 15) is 13.2 Å². The number of carbonyl (C=O) groups is 1. The lowest BCUT2D eigenvalue weighted by atomic mass is 9.87. The second-order valence-corrected chi connectivity index (χ2v) is 8.52. The lowest BCUT2D eigenvalue weighted by molar-refractivity contribution is -0.137. The van der Waals surface area contributed by atoms with E-state index in [1.807, 2.05) is 0 Å². The van der Waals surface area contributed by atoms with Crippen LogP contribution in [0.1, 0.15) is 33.6 Å². The summed E-state index contributed by atoms with van der Waals surface area (Å²) in [4.78, 5) is 11.2. The van der Waals surface area contributed by atoms with Crippen LogP contribution >= 0.6 is 0 Å². The third kappa shape index (κ3) is 6.62. The van der Waals surface area contributed by atoms with Crippen LogP contribution in [0.4, 0.5) is 5.69 Å². The number of carboxylic acids is 1. The van der Waals surface area contributed by atoms with E-state index >= 15 is 0 Å². The maximum Gasteiger partial charge on any atom is 0.305 e. The molecule has 0 aromatic heterocycles. The number of rotatable bonds is 6. The molecule has 1 aromatic carbocycles. The molecule has 0 saturated carbocycles. The van der Waals surface area contributed by atoms with E-state index in [0.29, 0.717) is 6.42 Å². The van der Waals surface area contributed by atoms with E-state index in [1.165, 1.54) is 12.1 Å². The first-order valence-corrected chi connectivity index (χ1v) is 8.65. The van der Waals surface area contributed by atoms with E-state index < -0.39 is 15.8 Å². The van der Waals surface area contributed by atoms with Crippen molar-refractivity contribution >= 4 is 21.5 Å². The quantitative estimate of drug-likeness (QED) is 0.843. The summed E-state index contributed by atoms with van der Waals surface area (Å²) in [7, 11) is -3.22. The molecule has 0 heterocycles. The van der Waals surface area contributed by atoms with Gasteiger partial charge in [-0.25, -0.2) is 8.42 Å². The smallest absolute Gasteiger partial charge is 0.305 e. The average Bonchev–Trinajstić information content (AvgIpc) is 2.24. The molecule has 0 aliphatic rings. The lowest BCUT2D eigenvalue weighted by Crippen LogP contribution is -2.28. The predicted octanol–water partition coefficient (Wildman–Crippen LogP) is 2.78. The van der Waals surface area contributed by atoms with Gasteiger partial charge in [0.1, 0.15) is 0 Å². The molecule has 0 spiro atoms. The standard InChI is InChI=1S/C15H23NO4S/c1-15(2,3)10-12(9-14(17)18)16-11-5-7-13(8-6-11)21(4,19)20/h5-8,12,16H,9-10H2,1-4H3,(H,17,18). The van der Waals surface area contributed by atoms with Gasteiger partial charge in [-0.15, -0.1) is 0 Å². The minimum absolute atomic E-state index is 0.000183. The number of aliphatic carboxylic acids is 1. The molecule has 2 N–H and O–H groups in total. The van der Waals surface area contributed by atoms with Gasteiger partial charge >= 0.3 is 5.97 Å². The number of benzene rings is 1. The van der Waals surface area contributed by atoms with Gasteiger partial charge < -0.3 is 10.4 Å². The van der Waals surface area contributed by atoms with Crippen LogP contribution in [0.3, 0.4) is 0 Å². The highest BCUT2D eigenvalue weighted by molar-refractivity contribution is 7.90. The van der Waals surface area contributed by atoms with Crippen molar-refractivity contribution in [2.24, 2.45) is 5.41 Å². The topological polar surface area (TPSA) is 83.5 Å². The number of anilines is 1. The maximum absolute atomic E-state index is 11.4. The fourth-order valence-electron chi connectivity index (χ4n) is 2.16. The summed E-state index contributed by atoms with van der Waals surface area (Å²) in [5, 5.41) is 12.2. The molecule has 6 heteroatoms. The predicted molar refractivity (Wildman–Crippen MR) is 83.3 cm³/mol. The van der Waals surface area contributed by atoms with Crippen LogP contribution in [0.2, 0.25) is 0 Å². The van der Waals surface area contributed by atoms with Crippen molar-refractivity contribution in [3.8, 4) is 0 Å². The van der Waals surface area contributed by atoms with Gasteiger partial charge in [0.05, 0.1) is 11.3 Å². The molecule has 0 aliphatic heterocycles. The van der Waals surface area contributed by atoms with Gasteiger partial charge in [-0.05, 0) is 36.1 Å². The molecule has 5 nitrogen and oxygen atoms in total. The van der Waals surface area contributed by atoms with Crippen LogP contribution < -0.4 is 5.32 Å². The lowest BCUT2D eigenvalue weighted by Gasteiger charge is -2.26. The van der Waals surface area contributed by atoms with Gasteiger partial charge in [0.15, 0.2) is 9.84 Å². The Morgan fingerprint density at radius 3 is 2.14 bits per heavy atom. The molecule has 1 atom stereocenters. The highest BCUT2D eigenvalue weighted by atomic mass is 32.2. The molecule has 0 fully saturated rings. The van der Waals surface area contributed by atoms with E-state index in [-0.39, 0.29) is 22.8 Å². The Kier molecular flexibility index (Phi) is 5.39. The number of hydrogen-bond donors (Lipinski definition) is 2. The fraction of sp³-hybridized carbons (Fsp3) is 0.533. The number of hydrogen-bond acceptors (Lipinski definition) is 4. The van der Waals surface area contributed by atoms with Gasteiger partial charge in [-0.1, -0.05) is 20.8 Å². The van der Waals surface area contributed by atoms with Gasteiger partial charge in [0, 0.05) is 18.0 Å². The van der Waals surface area contributed by atoms with E-state index in [2.05, 4.69) is 26.1 Å². The first-order valence-electron chi connectivity index (χ1n) is 6.76. The molecule has 0 saturated heterocycles. The van der Waals surface area contributed by atoms with Crippen LogP contribution in [-0.4, -0.2) is 31.8 Å². The largest absolute Gasteiger partial charge is 0.481 e. The molecule has 0 aliphatic carbocycles. The Hall–Kier alpha value is -1.56. The summed E-state index contributed by atoms with van der Waals surface area (Å²) in [6.45, 7) is 6.16. The van der Waals surface area contributed by atoms with Crippen LogP contribution in [-0.2, 0) is 14.6 Å². The summed E-state index contributed by atoms with van der Waals surface area (Å²) in [6, 6.07) is 6.16. The average molecular weight is 313 g/mol. The molecular weight excluding hydrogens is 290 g/mol. The van der Waals surface area contributed by atoms with Crippen molar-refractivity contribution in [2.75, 3.05) is 11.6 Å². The second-order valence-electron chi connectivity index (χ2n) is 6.50. The maximum atomic E-state index is 11.4. The van der Waals surface area contributed by atoms with Crippen LogP contribution in [0.15, 0.2) is 29.2 Å². The first kappa shape index (κ1) is 17.5. The van der Waals surface area contributed by atoms with Crippen molar-refractivity contribution in [1.29, 1.82) is 0 Å². The fourth-order valence-corrected chi connectivity index (χ4v) is 2.79. The molecule has 118 valence electrons. The normalized spacial score (nSPS) is 13.7. The van der Waals surface area contributed by atoms with Gasteiger partial charge in [0.25, 0.3) is 0 Å². The van der Waals surface area contributed by atoms with Crippen molar-refractivity contribution in [3.05, 3.63) is 24.3 Å². The minimum atomic E-state index is -3.22. The van der Waals surface area contributed by atoms with Gasteiger partial charge in [-0.2, -0.15) is 0 Å². The number of carboxylic acid groups (broad SMARTS) is 1. The highest BCUT2D eigenvalue weighted by Gasteiger charge is 2.21. The van der Waals surface area contributed by atoms with Crippen molar-refractivity contribution in [2.45, 2.75) is 44.6 Å². The second kappa shape index (κ2) is 6.47. The number of nitrogens with one attached hydrogen (secondary N) is 1. The van der Waals surface area contributed by atoms with Crippen LogP contribution in [0, 0.1) is 5.41 Å². The summed E-state index contributed by atoms with van der Waals surface area (Å²) >= 11 is 0. The Labute approximate surface area is 126 Å². The molecule has 0 bridgehead atoms. The minimum Gasteiger partial charge on any atom is -0.481 e. The molecule has 0 amide bonds. The molecule has 1 rings (SSSR count).